The monoisotopic (exact) mass is 457 g/mol. The number of amides is 1. The van der Waals surface area contributed by atoms with E-state index in [-0.39, 0.29) is 5.91 Å². The van der Waals surface area contributed by atoms with Crippen LogP contribution in [0.15, 0.2) is 47.9 Å². The third-order valence-corrected chi connectivity index (χ3v) is 7.23. The van der Waals surface area contributed by atoms with Gasteiger partial charge in [0, 0.05) is 60.3 Å². The van der Waals surface area contributed by atoms with Crippen LogP contribution in [-0.2, 0) is 13.1 Å². The number of rotatable bonds is 4. The average Bonchev–Trinajstić information content (AvgIpc) is 3.48. The third kappa shape index (κ3) is 3.39. The Morgan fingerprint density at radius 2 is 1.91 bits per heavy atom. The molecule has 1 amide bonds. The van der Waals surface area contributed by atoms with Crippen molar-refractivity contribution < 1.29 is 4.79 Å². The lowest BCUT2D eigenvalue weighted by atomic mass is 10.1. The van der Waals surface area contributed by atoms with E-state index in [1.165, 1.54) is 0 Å². The first-order chi connectivity index (χ1) is 16.1. The second-order valence-corrected chi connectivity index (χ2v) is 9.32. The van der Waals surface area contributed by atoms with Crippen LogP contribution in [0.5, 0.6) is 0 Å². The van der Waals surface area contributed by atoms with Gasteiger partial charge in [-0.15, -0.1) is 0 Å². The van der Waals surface area contributed by atoms with Crippen molar-refractivity contribution in [3.63, 3.8) is 0 Å². The van der Waals surface area contributed by atoms with Crippen LogP contribution in [0.1, 0.15) is 21.7 Å². The minimum Gasteiger partial charge on any atom is -0.349 e. The molecule has 3 aromatic heterocycles. The van der Waals surface area contributed by atoms with Gasteiger partial charge in [-0.2, -0.15) is 0 Å². The Bertz CT molecular complexity index is 1370. The van der Waals surface area contributed by atoms with Crippen molar-refractivity contribution in [1.29, 1.82) is 0 Å². The summed E-state index contributed by atoms with van der Waals surface area (Å²) in [5.41, 5.74) is 7.51. The van der Waals surface area contributed by atoms with Crippen LogP contribution in [0.25, 0.3) is 22.5 Å². The van der Waals surface area contributed by atoms with Crippen molar-refractivity contribution >= 4 is 29.3 Å². The smallest absolute Gasteiger partial charge is 0.268 e. The molecule has 2 aliphatic rings. The number of nitrogens with one attached hydrogen (secondary N) is 2. The lowest BCUT2D eigenvalue weighted by Gasteiger charge is -2.17. The van der Waals surface area contributed by atoms with Gasteiger partial charge in [-0.25, -0.2) is 15.0 Å². The van der Waals surface area contributed by atoms with Gasteiger partial charge in [0.15, 0.2) is 5.16 Å². The quantitative estimate of drug-likeness (QED) is 0.481. The minimum atomic E-state index is -0.0258. The fourth-order valence-corrected chi connectivity index (χ4v) is 5.61. The van der Waals surface area contributed by atoms with Crippen molar-refractivity contribution in [3.8, 4) is 22.5 Å². The van der Waals surface area contributed by atoms with Gasteiger partial charge < -0.3 is 19.8 Å². The van der Waals surface area contributed by atoms with Crippen molar-refractivity contribution in [2.45, 2.75) is 32.1 Å². The molecule has 5 heterocycles. The van der Waals surface area contributed by atoms with Crippen LogP contribution < -0.4 is 10.6 Å². The Morgan fingerprint density at radius 3 is 2.70 bits per heavy atom. The largest absolute Gasteiger partial charge is 0.349 e. The highest BCUT2D eigenvalue weighted by Crippen LogP contribution is 2.33. The van der Waals surface area contributed by atoms with Crippen molar-refractivity contribution in [2.75, 3.05) is 17.6 Å². The number of aromatic nitrogens is 5. The van der Waals surface area contributed by atoms with E-state index in [1.807, 2.05) is 32.0 Å². The number of aryl methyl sites for hydroxylation is 1. The third-order valence-electron chi connectivity index (χ3n) is 6.25. The van der Waals surface area contributed by atoms with Crippen LogP contribution in [-0.4, -0.2) is 42.3 Å². The molecular formula is C24H23N7OS. The van der Waals surface area contributed by atoms with E-state index >= 15 is 0 Å². The Hall–Kier alpha value is -3.59. The van der Waals surface area contributed by atoms with Crippen LogP contribution in [0.4, 0.5) is 11.6 Å². The molecule has 9 heteroatoms. The summed E-state index contributed by atoms with van der Waals surface area (Å²) < 4.78 is 4.29. The van der Waals surface area contributed by atoms with E-state index in [4.69, 9.17) is 9.97 Å². The topological polar surface area (TPSA) is 89.7 Å². The number of carbonyl (C=O) groups is 1. The molecule has 166 valence electrons. The van der Waals surface area contributed by atoms with Crippen molar-refractivity contribution in [1.82, 2.24) is 29.4 Å². The summed E-state index contributed by atoms with van der Waals surface area (Å²) in [6.45, 7) is 6.47. The molecule has 0 aliphatic carbocycles. The summed E-state index contributed by atoms with van der Waals surface area (Å²) in [6, 6.07) is 10.0. The maximum atomic E-state index is 12.4. The lowest BCUT2D eigenvalue weighted by molar-refractivity contribution is 0.0926. The van der Waals surface area contributed by atoms with Gasteiger partial charge in [-0.1, -0.05) is 23.9 Å². The van der Waals surface area contributed by atoms with Crippen molar-refractivity contribution in [3.05, 3.63) is 59.7 Å². The van der Waals surface area contributed by atoms with Gasteiger partial charge in [0.05, 0.1) is 11.4 Å². The van der Waals surface area contributed by atoms with Crippen LogP contribution in [0, 0.1) is 13.8 Å². The number of anilines is 2. The van der Waals surface area contributed by atoms with Crippen LogP contribution >= 0.6 is 11.8 Å². The molecule has 0 saturated carbocycles. The van der Waals surface area contributed by atoms with Gasteiger partial charge in [0.2, 0.25) is 5.95 Å². The summed E-state index contributed by atoms with van der Waals surface area (Å²) in [5, 5.41) is 7.32. The van der Waals surface area contributed by atoms with E-state index in [0.717, 1.165) is 69.2 Å². The SMILES string of the molecule is Cc1c(-c2ccnc(Nc3ccc(-c4cn5c(n4)SCC5)cc3)n2)c(C)n2c1C(=O)NCC2. The fraction of sp³-hybridized carbons (Fsp3) is 0.250. The van der Waals surface area contributed by atoms with Gasteiger partial charge in [-0.05, 0) is 37.6 Å². The molecule has 0 fully saturated rings. The predicted molar refractivity (Wildman–Crippen MR) is 129 cm³/mol. The van der Waals surface area contributed by atoms with E-state index in [2.05, 4.69) is 43.1 Å². The Kier molecular flexibility index (Phi) is 4.72. The minimum absolute atomic E-state index is 0.0258. The maximum absolute atomic E-state index is 12.4. The van der Waals surface area contributed by atoms with Crippen LogP contribution in [0.2, 0.25) is 0 Å². The Labute approximate surface area is 195 Å². The summed E-state index contributed by atoms with van der Waals surface area (Å²) in [5.74, 6) is 1.59. The average molecular weight is 458 g/mol. The number of benzene rings is 1. The number of hydrogen-bond donors (Lipinski definition) is 2. The highest BCUT2D eigenvalue weighted by atomic mass is 32.2. The summed E-state index contributed by atoms with van der Waals surface area (Å²) in [6.07, 6.45) is 3.87. The lowest BCUT2D eigenvalue weighted by Crippen LogP contribution is -2.35. The second-order valence-electron chi connectivity index (χ2n) is 8.26. The summed E-state index contributed by atoms with van der Waals surface area (Å²) in [7, 11) is 0. The normalized spacial score (nSPS) is 14.7. The zero-order valence-electron chi connectivity index (χ0n) is 18.4. The number of thioether (sulfide) groups is 1. The summed E-state index contributed by atoms with van der Waals surface area (Å²) >= 11 is 1.80. The van der Waals surface area contributed by atoms with E-state index < -0.39 is 0 Å². The molecule has 2 aliphatic heterocycles. The molecule has 1 aromatic carbocycles. The molecule has 0 atom stereocenters. The molecule has 6 rings (SSSR count). The molecule has 33 heavy (non-hydrogen) atoms. The first kappa shape index (κ1) is 20.0. The molecule has 0 bridgehead atoms. The predicted octanol–water partition coefficient (Wildman–Crippen LogP) is 4.02. The van der Waals surface area contributed by atoms with Gasteiger partial charge in [0.25, 0.3) is 5.91 Å². The standard InChI is InChI=1S/C24H23N7OS/c1-14-20(15(2)31-10-9-25-22(32)21(14)31)18-7-8-26-23(28-18)27-17-5-3-16(4-6-17)19-13-30-11-12-33-24(30)29-19/h3-8,13H,9-12H2,1-2H3,(H,25,32)(H,26,27,28). The maximum Gasteiger partial charge on any atom is 0.268 e. The van der Waals surface area contributed by atoms with Crippen molar-refractivity contribution in [2.24, 2.45) is 0 Å². The molecule has 0 saturated heterocycles. The second kappa shape index (κ2) is 7.77. The number of imidazole rings is 1. The first-order valence-corrected chi connectivity index (χ1v) is 12.0. The number of hydrogen-bond acceptors (Lipinski definition) is 6. The molecule has 4 aromatic rings. The highest BCUT2D eigenvalue weighted by Gasteiger charge is 2.26. The van der Waals surface area contributed by atoms with Gasteiger partial charge in [0.1, 0.15) is 5.69 Å². The molecule has 2 N–H and O–H groups in total. The number of fused-ring (bicyclic) bond motifs is 2. The Balaban J connectivity index is 1.27. The number of nitrogens with zero attached hydrogens (tertiary/aromatic N) is 5. The first-order valence-electron chi connectivity index (χ1n) is 11.0. The van der Waals surface area contributed by atoms with Crippen LogP contribution in [0.3, 0.4) is 0 Å². The van der Waals surface area contributed by atoms with E-state index in [0.29, 0.717) is 12.5 Å². The van der Waals surface area contributed by atoms with E-state index in [9.17, 15) is 4.79 Å². The molecule has 0 unspecified atom stereocenters. The molecular weight excluding hydrogens is 434 g/mol. The van der Waals surface area contributed by atoms with E-state index in [1.54, 1.807) is 18.0 Å². The molecule has 8 nitrogen and oxygen atoms in total. The molecule has 0 radical (unpaired) electrons. The summed E-state index contributed by atoms with van der Waals surface area (Å²) in [4.78, 5) is 26.3. The number of carbonyl (C=O) groups excluding carboxylic acids is 1. The molecule has 0 spiro atoms. The van der Waals surface area contributed by atoms with Gasteiger partial charge >= 0.3 is 0 Å². The fourth-order valence-electron chi connectivity index (χ4n) is 4.67. The zero-order chi connectivity index (χ0) is 22.5. The Morgan fingerprint density at radius 1 is 1.06 bits per heavy atom. The van der Waals surface area contributed by atoms with Gasteiger partial charge in [-0.3, -0.25) is 4.79 Å². The zero-order valence-corrected chi connectivity index (χ0v) is 19.2. The highest BCUT2D eigenvalue weighted by molar-refractivity contribution is 7.99.